The first-order chi connectivity index (χ1) is 19.1. The number of rotatable bonds is 9. The normalized spacial score (nSPS) is 17.4. The predicted molar refractivity (Wildman–Crippen MR) is 155 cm³/mol. The van der Waals surface area contributed by atoms with Crippen molar-refractivity contribution in [1.82, 2.24) is 9.88 Å². The van der Waals surface area contributed by atoms with Gasteiger partial charge in [0.1, 0.15) is 18.2 Å². The molecule has 2 heterocycles. The van der Waals surface area contributed by atoms with E-state index in [0.29, 0.717) is 43.9 Å². The van der Waals surface area contributed by atoms with Crippen LogP contribution in [0.4, 0.5) is 4.79 Å². The molecule has 0 bridgehead atoms. The van der Waals surface area contributed by atoms with Gasteiger partial charge in [-0.15, -0.1) is 0 Å². The van der Waals surface area contributed by atoms with Crippen molar-refractivity contribution in [3.8, 4) is 11.5 Å². The molecule has 0 radical (unpaired) electrons. The molecular formula is C30H36BrN3O6. The minimum Gasteiger partial charge on any atom is -0.489 e. The van der Waals surface area contributed by atoms with E-state index in [2.05, 4.69) is 20.9 Å². The van der Waals surface area contributed by atoms with E-state index in [4.69, 9.17) is 24.7 Å². The molecule has 9 nitrogen and oxygen atoms in total. The van der Waals surface area contributed by atoms with E-state index in [1.807, 2.05) is 48.5 Å². The smallest absolute Gasteiger partial charge is 0.411 e. The van der Waals surface area contributed by atoms with E-state index >= 15 is 0 Å². The number of hydrogen-bond acceptors (Lipinski definition) is 8. The summed E-state index contributed by atoms with van der Waals surface area (Å²) in [4.78, 5) is 31.5. The Balaban J connectivity index is 1.37. The number of carbonyl (C=O) groups excluding carboxylic acids is 2. The van der Waals surface area contributed by atoms with Crippen LogP contribution in [-0.2, 0) is 20.9 Å². The molecular weight excluding hydrogens is 578 g/mol. The molecule has 1 aliphatic heterocycles. The fourth-order valence-corrected chi connectivity index (χ4v) is 4.71. The summed E-state index contributed by atoms with van der Waals surface area (Å²) in [6.07, 6.45) is 2.56. The number of esters is 1. The average Bonchev–Trinajstić information content (AvgIpc) is 2.91. The Kier molecular flexibility index (Phi) is 9.86. The number of nitrogens with zero attached hydrogens (tertiary/aromatic N) is 2. The summed E-state index contributed by atoms with van der Waals surface area (Å²) in [5.41, 5.74) is 7.24. The highest BCUT2D eigenvalue weighted by atomic mass is 79.9. The van der Waals surface area contributed by atoms with Crippen LogP contribution >= 0.6 is 15.9 Å². The quantitative estimate of drug-likeness (QED) is 0.244. The van der Waals surface area contributed by atoms with Crippen molar-refractivity contribution in [3.05, 3.63) is 64.8 Å². The third kappa shape index (κ3) is 8.08. The molecule has 2 atom stereocenters. The topological polar surface area (TPSA) is 113 Å². The molecule has 1 fully saturated rings. The molecule has 1 aromatic heterocycles. The fraction of sp³-hybridized carbons (Fsp3) is 0.433. The standard InChI is InChI=1S/C30H36BrN3O6/c1-30(2,3)40-29(36)34-13-12-22(32)17-25(34)28(35)38-15-7-14-37-27-23-16-21(31)18-33-24(23)10-11-26(27)39-19-20-8-5-4-6-9-20/h4-6,8-11,16,18,22,25H,7,12-15,17,19,32H2,1-3H3/t22-,25-/m0/s1. The Labute approximate surface area is 243 Å². The summed E-state index contributed by atoms with van der Waals surface area (Å²) in [7, 11) is 0. The molecule has 40 heavy (non-hydrogen) atoms. The summed E-state index contributed by atoms with van der Waals surface area (Å²) >= 11 is 3.49. The molecule has 1 amide bonds. The molecule has 1 aliphatic rings. The maximum atomic E-state index is 12.9. The molecule has 214 valence electrons. The van der Waals surface area contributed by atoms with Gasteiger partial charge in [-0.1, -0.05) is 30.3 Å². The van der Waals surface area contributed by atoms with Crippen LogP contribution in [0.2, 0.25) is 0 Å². The van der Waals surface area contributed by atoms with Gasteiger partial charge in [0.15, 0.2) is 11.5 Å². The van der Waals surface area contributed by atoms with Crippen LogP contribution in [0.15, 0.2) is 59.2 Å². The van der Waals surface area contributed by atoms with E-state index in [-0.39, 0.29) is 19.3 Å². The number of aromatic nitrogens is 1. The van der Waals surface area contributed by atoms with Gasteiger partial charge < -0.3 is 24.7 Å². The Bertz CT molecular complexity index is 1310. The first-order valence-corrected chi connectivity index (χ1v) is 14.2. The van der Waals surface area contributed by atoms with Crippen LogP contribution in [0.1, 0.15) is 45.6 Å². The van der Waals surface area contributed by atoms with Crippen LogP contribution in [0, 0.1) is 0 Å². The molecule has 10 heteroatoms. The van der Waals surface area contributed by atoms with E-state index < -0.39 is 23.7 Å². The molecule has 1 saturated heterocycles. The van der Waals surface area contributed by atoms with Crippen LogP contribution in [-0.4, -0.2) is 59.4 Å². The van der Waals surface area contributed by atoms with Crippen molar-refractivity contribution in [3.63, 3.8) is 0 Å². The van der Waals surface area contributed by atoms with Gasteiger partial charge in [0.2, 0.25) is 0 Å². The number of nitrogens with two attached hydrogens (primary N) is 1. The average molecular weight is 615 g/mol. The number of pyridine rings is 1. The minimum absolute atomic E-state index is 0.125. The lowest BCUT2D eigenvalue weighted by atomic mass is 9.98. The SMILES string of the molecule is CC(C)(C)OC(=O)N1CC[C@H](N)C[C@H]1C(=O)OCCCOc1c(OCc2ccccc2)ccc2ncc(Br)cc12. The third-order valence-corrected chi connectivity index (χ3v) is 6.74. The second-order valence-corrected chi connectivity index (χ2v) is 11.6. The Morgan fingerprint density at radius 3 is 2.62 bits per heavy atom. The number of likely N-dealkylation sites (tertiary alicyclic amines) is 1. The maximum Gasteiger partial charge on any atom is 0.411 e. The summed E-state index contributed by atoms with van der Waals surface area (Å²) in [5, 5.41) is 0.807. The van der Waals surface area contributed by atoms with Crippen molar-refractivity contribution in [2.45, 2.75) is 64.3 Å². The minimum atomic E-state index is -0.779. The zero-order valence-corrected chi connectivity index (χ0v) is 24.7. The molecule has 0 saturated carbocycles. The van der Waals surface area contributed by atoms with E-state index in [0.717, 1.165) is 20.9 Å². The summed E-state index contributed by atoms with van der Waals surface area (Å²) in [6, 6.07) is 14.6. The molecule has 0 spiro atoms. The Morgan fingerprint density at radius 1 is 1.10 bits per heavy atom. The molecule has 3 aromatic rings. The molecule has 0 aliphatic carbocycles. The highest BCUT2D eigenvalue weighted by molar-refractivity contribution is 9.10. The van der Waals surface area contributed by atoms with Crippen LogP contribution < -0.4 is 15.2 Å². The zero-order valence-electron chi connectivity index (χ0n) is 23.1. The largest absolute Gasteiger partial charge is 0.489 e. The second kappa shape index (κ2) is 13.3. The molecule has 2 aromatic carbocycles. The summed E-state index contributed by atoms with van der Waals surface area (Å²) in [5.74, 6) is 0.673. The second-order valence-electron chi connectivity index (χ2n) is 10.7. The third-order valence-electron chi connectivity index (χ3n) is 6.31. The highest BCUT2D eigenvalue weighted by Crippen LogP contribution is 2.37. The van der Waals surface area contributed by atoms with Gasteiger partial charge in [-0.2, -0.15) is 0 Å². The van der Waals surface area contributed by atoms with Gasteiger partial charge in [0.05, 0.1) is 18.7 Å². The Hall–Kier alpha value is -3.37. The predicted octanol–water partition coefficient (Wildman–Crippen LogP) is 5.62. The number of fused-ring (bicyclic) bond motifs is 1. The summed E-state index contributed by atoms with van der Waals surface area (Å²) in [6.45, 7) is 6.50. The number of amides is 1. The first-order valence-electron chi connectivity index (χ1n) is 13.4. The summed E-state index contributed by atoms with van der Waals surface area (Å²) < 4.78 is 24.1. The van der Waals surface area contributed by atoms with Crippen LogP contribution in [0.3, 0.4) is 0 Å². The maximum absolute atomic E-state index is 12.9. The van der Waals surface area contributed by atoms with Gasteiger partial charge in [0, 0.05) is 35.1 Å². The number of ether oxygens (including phenoxy) is 4. The van der Waals surface area contributed by atoms with Crippen molar-refractivity contribution in [1.29, 1.82) is 0 Å². The van der Waals surface area contributed by atoms with E-state index in [9.17, 15) is 9.59 Å². The highest BCUT2D eigenvalue weighted by Gasteiger charge is 2.38. The van der Waals surface area contributed by atoms with E-state index in [1.54, 1.807) is 27.0 Å². The van der Waals surface area contributed by atoms with Crippen molar-refractivity contribution in [2.75, 3.05) is 19.8 Å². The number of carbonyl (C=O) groups is 2. The fourth-order valence-electron chi connectivity index (χ4n) is 4.38. The van der Waals surface area contributed by atoms with Gasteiger partial charge in [-0.25, -0.2) is 9.59 Å². The number of halogens is 1. The van der Waals surface area contributed by atoms with Gasteiger partial charge in [-0.3, -0.25) is 9.88 Å². The molecule has 2 N–H and O–H groups in total. The monoisotopic (exact) mass is 613 g/mol. The van der Waals surface area contributed by atoms with Crippen molar-refractivity contribution < 1.29 is 28.5 Å². The van der Waals surface area contributed by atoms with Crippen LogP contribution in [0.25, 0.3) is 10.9 Å². The van der Waals surface area contributed by atoms with Gasteiger partial charge in [-0.05, 0) is 73.3 Å². The van der Waals surface area contributed by atoms with Crippen molar-refractivity contribution >= 4 is 38.9 Å². The van der Waals surface area contributed by atoms with Gasteiger partial charge in [0.25, 0.3) is 0 Å². The van der Waals surface area contributed by atoms with Crippen molar-refractivity contribution in [2.24, 2.45) is 5.73 Å². The number of hydrogen-bond donors (Lipinski definition) is 1. The number of benzene rings is 2. The molecule has 0 unspecified atom stereocenters. The molecule has 4 rings (SSSR count). The van der Waals surface area contributed by atoms with E-state index in [1.165, 1.54) is 4.90 Å². The lowest BCUT2D eigenvalue weighted by Crippen LogP contribution is -2.54. The van der Waals surface area contributed by atoms with Crippen LogP contribution in [0.5, 0.6) is 11.5 Å². The lowest BCUT2D eigenvalue weighted by Gasteiger charge is -2.37. The zero-order chi connectivity index (χ0) is 28.7. The first kappa shape index (κ1) is 29.6. The van der Waals surface area contributed by atoms with Gasteiger partial charge >= 0.3 is 12.1 Å². The Morgan fingerprint density at radius 2 is 1.88 bits per heavy atom. The number of piperidine rings is 1. The lowest BCUT2D eigenvalue weighted by molar-refractivity contribution is -0.151.